The first kappa shape index (κ1) is 20.1. The molecule has 6 heteroatoms. The van der Waals surface area contributed by atoms with Crippen LogP contribution < -0.4 is 4.90 Å². The van der Waals surface area contributed by atoms with Crippen molar-refractivity contribution in [3.63, 3.8) is 0 Å². The maximum Gasteiger partial charge on any atom is 0.415 e. The molecule has 0 saturated carbocycles. The van der Waals surface area contributed by atoms with Crippen LogP contribution in [0.3, 0.4) is 0 Å². The Labute approximate surface area is 173 Å². The average molecular weight is 444 g/mol. The van der Waals surface area contributed by atoms with Crippen molar-refractivity contribution in [2.45, 2.75) is 39.3 Å². The van der Waals surface area contributed by atoms with Crippen molar-refractivity contribution in [3.8, 4) is 0 Å². The molecule has 0 spiro atoms. The van der Waals surface area contributed by atoms with Gasteiger partial charge in [0, 0.05) is 17.0 Å². The molecule has 146 valence electrons. The number of esters is 1. The van der Waals surface area contributed by atoms with Crippen LogP contribution in [-0.4, -0.2) is 17.7 Å². The van der Waals surface area contributed by atoms with Crippen LogP contribution in [0.1, 0.15) is 44.9 Å². The van der Waals surface area contributed by atoms with Gasteiger partial charge in [-0.2, -0.15) is 0 Å². The first-order valence-corrected chi connectivity index (χ1v) is 9.72. The number of benzene rings is 2. The van der Waals surface area contributed by atoms with E-state index in [9.17, 15) is 9.59 Å². The monoisotopic (exact) mass is 443 g/mol. The highest BCUT2D eigenvalue weighted by Gasteiger charge is 2.35. The topological polar surface area (TPSA) is 55.8 Å². The number of fused-ring (bicyclic) bond motifs is 1. The summed E-state index contributed by atoms with van der Waals surface area (Å²) in [6.45, 7) is 6.85. The maximum atomic E-state index is 13.1. The summed E-state index contributed by atoms with van der Waals surface area (Å²) in [5.74, 6) is 0.0113. The molecule has 0 bridgehead atoms. The second-order valence-electron chi connectivity index (χ2n) is 7.49. The SMILES string of the molecule is CC(=O)OC1=CC(c2ccc(Br)cc2)N(C(=O)OC(C)(C)C)c2ccccc21. The Kier molecular flexibility index (Phi) is 5.61. The number of rotatable bonds is 2. The summed E-state index contributed by atoms with van der Waals surface area (Å²) in [5.41, 5.74) is 1.52. The van der Waals surface area contributed by atoms with Gasteiger partial charge in [0.1, 0.15) is 11.4 Å². The molecular weight excluding hydrogens is 422 g/mol. The van der Waals surface area contributed by atoms with Gasteiger partial charge in [-0.1, -0.05) is 40.2 Å². The molecule has 0 fully saturated rings. The number of halogens is 1. The summed E-state index contributed by atoms with van der Waals surface area (Å²) in [6.07, 6.45) is 1.31. The number of hydrogen-bond acceptors (Lipinski definition) is 4. The zero-order valence-electron chi connectivity index (χ0n) is 16.2. The van der Waals surface area contributed by atoms with E-state index in [0.29, 0.717) is 17.0 Å². The third-order valence-corrected chi connectivity index (χ3v) is 4.60. The van der Waals surface area contributed by atoms with Crippen LogP contribution in [-0.2, 0) is 14.3 Å². The fourth-order valence-electron chi connectivity index (χ4n) is 3.02. The minimum absolute atomic E-state index is 0.415. The lowest BCUT2D eigenvalue weighted by Gasteiger charge is -2.36. The molecule has 1 aliphatic rings. The molecule has 1 amide bonds. The molecule has 1 unspecified atom stereocenters. The van der Waals surface area contributed by atoms with Gasteiger partial charge in [-0.25, -0.2) is 4.79 Å². The molecule has 2 aromatic carbocycles. The molecule has 0 N–H and O–H groups in total. The van der Waals surface area contributed by atoms with Gasteiger partial charge in [0.2, 0.25) is 0 Å². The van der Waals surface area contributed by atoms with Crippen LogP contribution in [0.25, 0.3) is 5.76 Å². The first-order valence-electron chi connectivity index (χ1n) is 8.93. The lowest BCUT2D eigenvalue weighted by atomic mass is 9.96. The largest absolute Gasteiger partial charge is 0.443 e. The van der Waals surface area contributed by atoms with Gasteiger partial charge >= 0.3 is 12.1 Å². The van der Waals surface area contributed by atoms with Gasteiger partial charge in [-0.05, 0) is 56.7 Å². The number of hydrogen-bond donors (Lipinski definition) is 0. The van der Waals surface area contributed by atoms with Crippen LogP contribution in [0.2, 0.25) is 0 Å². The Balaban J connectivity index is 2.15. The van der Waals surface area contributed by atoms with E-state index in [1.165, 1.54) is 6.92 Å². The van der Waals surface area contributed by atoms with Crippen LogP contribution in [0.15, 0.2) is 59.1 Å². The van der Waals surface area contributed by atoms with Gasteiger partial charge in [0.05, 0.1) is 11.7 Å². The highest BCUT2D eigenvalue weighted by molar-refractivity contribution is 9.10. The highest BCUT2D eigenvalue weighted by atomic mass is 79.9. The summed E-state index contributed by atoms with van der Waals surface area (Å²) in [7, 11) is 0. The van der Waals surface area contributed by atoms with Crippen molar-refractivity contribution >= 4 is 39.4 Å². The van der Waals surface area contributed by atoms with Gasteiger partial charge in [0.25, 0.3) is 0 Å². The maximum absolute atomic E-state index is 13.1. The van der Waals surface area contributed by atoms with Crippen LogP contribution in [0.5, 0.6) is 0 Å². The van der Waals surface area contributed by atoms with Gasteiger partial charge < -0.3 is 9.47 Å². The van der Waals surface area contributed by atoms with E-state index in [-0.39, 0.29) is 0 Å². The highest BCUT2D eigenvalue weighted by Crippen LogP contribution is 2.41. The number of ether oxygens (including phenoxy) is 2. The van der Waals surface area contributed by atoms with E-state index < -0.39 is 23.7 Å². The Bertz CT molecular complexity index is 928. The number of para-hydroxylation sites is 1. The number of anilines is 1. The molecule has 1 aliphatic heterocycles. The summed E-state index contributed by atoms with van der Waals surface area (Å²) >= 11 is 3.43. The molecule has 3 rings (SSSR count). The van der Waals surface area contributed by atoms with E-state index in [2.05, 4.69) is 15.9 Å². The molecule has 5 nitrogen and oxygen atoms in total. The quantitative estimate of drug-likeness (QED) is 0.546. The van der Waals surface area contributed by atoms with E-state index in [4.69, 9.17) is 9.47 Å². The Hall–Kier alpha value is -2.60. The molecule has 28 heavy (non-hydrogen) atoms. The standard InChI is InChI=1S/C22H22BrNO4/c1-14(25)27-20-13-19(15-9-11-16(23)12-10-15)24(21(26)28-22(2,3)4)18-8-6-5-7-17(18)20/h5-13,19H,1-4H3. The summed E-state index contributed by atoms with van der Waals surface area (Å²) in [5, 5.41) is 0. The Morgan fingerprint density at radius 3 is 2.29 bits per heavy atom. The van der Waals surface area contributed by atoms with Crippen LogP contribution in [0.4, 0.5) is 10.5 Å². The fraction of sp³-hybridized carbons (Fsp3) is 0.273. The lowest BCUT2D eigenvalue weighted by molar-refractivity contribution is -0.134. The minimum Gasteiger partial charge on any atom is -0.443 e. The van der Waals surface area contributed by atoms with Crippen LogP contribution >= 0.6 is 15.9 Å². The van der Waals surface area contributed by atoms with Gasteiger partial charge in [-0.15, -0.1) is 0 Å². The molecule has 0 radical (unpaired) electrons. The molecule has 1 atom stereocenters. The fourth-order valence-corrected chi connectivity index (χ4v) is 3.29. The number of carbonyl (C=O) groups excluding carboxylic acids is 2. The Morgan fingerprint density at radius 1 is 1.04 bits per heavy atom. The van der Waals surface area contributed by atoms with Crippen molar-refractivity contribution in [2.24, 2.45) is 0 Å². The average Bonchev–Trinajstić information content (AvgIpc) is 2.60. The summed E-state index contributed by atoms with van der Waals surface area (Å²) < 4.78 is 12.1. The third kappa shape index (κ3) is 4.44. The zero-order chi connectivity index (χ0) is 20.5. The molecule has 2 aromatic rings. The van der Waals surface area contributed by atoms with Crippen LogP contribution in [0, 0.1) is 0 Å². The van der Waals surface area contributed by atoms with Crippen molar-refractivity contribution in [3.05, 3.63) is 70.2 Å². The normalized spacial score (nSPS) is 16.1. The van der Waals surface area contributed by atoms with Crippen molar-refractivity contribution < 1.29 is 19.1 Å². The lowest BCUT2D eigenvalue weighted by Crippen LogP contribution is -2.40. The van der Waals surface area contributed by atoms with Crippen molar-refractivity contribution in [1.82, 2.24) is 0 Å². The second kappa shape index (κ2) is 7.80. The van der Waals surface area contributed by atoms with E-state index in [1.807, 2.05) is 69.3 Å². The molecule has 0 aromatic heterocycles. The predicted octanol–water partition coefficient (Wildman–Crippen LogP) is 5.85. The molecule has 0 aliphatic carbocycles. The first-order chi connectivity index (χ1) is 13.2. The Morgan fingerprint density at radius 2 is 1.68 bits per heavy atom. The predicted molar refractivity (Wildman–Crippen MR) is 112 cm³/mol. The molecule has 0 saturated heterocycles. The van der Waals surface area contributed by atoms with Gasteiger partial charge in [0.15, 0.2) is 0 Å². The summed E-state index contributed by atoms with van der Waals surface area (Å²) in [4.78, 5) is 26.3. The number of amides is 1. The zero-order valence-corrected chi connectivity index (χ0v) is 17.8. The van der Waals surface area contributed by atoms with E-state index in [1.54, 1.807) is 11.0 Å². The number of nitrogens with zero attached hydrogens (tertiary/aromatic N) is 1. The van der Waals surface area contributed by atoms with E-state index >= 15 is 0 Å². The molecular formula is C22H22BrNO4. The third-order valence-electron chi connectivity index (χ3n) is 4.07. The summed E-state index contributed by atoms with van der Waals surface area (Å²) in [6, 6.07) is 14.5. The van der Waals surface area contributed by atoms with Crippen molar-refractivity contribution in [1.29, 1.82) is 0 Å². The minimum atomic E-state index is -0.643. The van der Waals surface area contributed by atoms with E-state index in [0.717, 1.165) is 10.0 Å². The van der Waals surface area contributed by atoms with Crippen molar-refractivity contribution in [2.75, 3.05) is 4.90 Å². The van der Waals surface area contributed by atoms with Gasteiger partial charge in [-0.3, -0.25) is 9.69 Å². The smallest absolute Gasteiger partial charge is 0.415 e. The number of carbonyl (C=O) groups is 2. The second-order valence-corrected chi connectivity index (χ2v) is 8.40. The molecule has 1 heterocycles.